The van der Waals surface area contributed by atoms with E-state index in [4.69, 9.17) is 0 Å². The van der Waals surface area contributed by atoms with E-state index in [9.17, 15) is 5.11 Å². The lowest BCUT2D eigenvalue weighted by Crippen LogP contribution is -2.40. The summed E-state index contributed by atoms with van der Waals surface area (Å²) in [6, 6.07) is 0.605. The second kappa shape index (κ2) is 5.59. The fourth-order valence-electron chi connectivity index (χ4n) is 3.35. The molecule has 0 radical (unpaired) electrons. The molecule has 1 aromatic rings. The van der Waals surface area contributed by atoms with Gasteiger partial charge in [0.1, 0.15) is 5.82 Å². The first-order valence-corrected chi connectivity index (χ1v) is 7.61. The van der Waals surface area contributed by atoms with Crippen LogP contribution in [0.3, 0.4) is 0 Å². The van der Waals surface area contributed by atoms with E-state index >= 15 is 0 Å². The van der Waals surface area contributed by atoms with Crippen LogP contribution in [0.1, 0.15) is 44.3 Å². The summed E-state index contributed by atoms with van der Waals surface area (Å²) in [7, 11) is 0. The second-order valence-corrected chi connectivity index (χ2v) is 5.80. The minimum Gasteiger partial charge on any atom is -0.391 e. The van der Waals surface area contributed by atoms with Crippen LogP contribution in [0.15, 0.2) is 0 Å². The average Bonchev–Trinajstić information content (AvgIpc) is 2.80. The Morgan fingerprint density at radius 2 is 2.21 bits per heavy atom. The zero-order chi connectivity index (χ0) is 13.2. The van der Waals surface area contributed by atoms with Crippen molar-refractivity contribution in [3.05, 3.63) is 11.6 Å². The van der Waals surface area contributed by atoms with Crippen molar-refractivity contribution in [3.8, 4) is 0 Å². The number of hydrogen-bond acceptors (Lipinski definition) is 4. The highest BCUT2D eigenvalue weighted by atomic mass is 16.3. The van der Waals surface area contributed by atoms with Crippen molar-refractivity contribution < 1.29 is 5.11 Å². The smallest absolute Gasteiger partial charge is 0.152 e. The van der Waals surface area contributed by atoms with Gasteiger partial charge in [0.2, 0.25) is 0 Å². The van der Waals surface area contributed by atoms with E-state index in [1.165, 1.54) is 25.8 Å². The molecule has 1 fully saturated rings. The van der Waals surface area contributed by atoms with Gasteiger partial charge >= 0.3 is 0 Å². The molecule has 3 heterocycles. The zero-order valence-electron chi connectivity index (χ0n) is 11.8. The van der Waals surface area contributed by atoms with Crippen molar-refractivity contribution in [3.63, 3.8) is 0 Å². The molecule has 5 heteroatoms. The molecule has 2 unspecified atom stereocenters. The number of nitrogens with zero attached hydrogens (tertiary/aromatic N) is 4. The Hall–Kier alpha value is -0.940. The molecule has 19 heavy (non-hydrogen) atoms. The van der Waals surface area contributed by atoms with Gasteiger partial charge in [-0.3, -0.25) is 0 Å². The molecule has 3 rings (SSSR count). The van der Waals surface area contributed by atoms with Crippen LogP contribution in [0, 0.1) is 0 Å². The van der Waals surface area contributed by atoms with Gasteiger partial charge in [0.25, 0.3) is 0 Å². The summed E-state index contributed by atoms with van der Waals surface area (Å²) in [6.07, 6.45) is 6.31. The lowest BCUT2D eigenvalue weighted by Gasteiger charge is -2.34. The number of likely N-dealkylation sites (N-methyl/N-ethyl adjacent to an activating group) is 1. The predicted octanol–water partition coefficient (Wildman–Crippen LogP) is 1.00. The van der Waals surface area contributed by atoms with Crippen molar-refractivity contribution in [1.82, 2.24) is 19.7 Å². The third kappa shape index (κ3) is 2.82. The molecule has 0 aromatic carbocycles. The molecule has 1 N–H and O–H groups in total. The van der Waals surface area contributed by atoms with Gasteiger partial charge in [-0.2, -0.15) is 5.10 Å². The Balaban J connectivity index is 1.69. The number of likely N-dealkylation sites (tertiary alicyclic amines) is 1. The van der Waals surface area contributed by atoms with E-state index < -0.39 is 0 Å². The van der Waals surface area contributed by atoms with Crippen LogP contribution in [0.25, 0.3) is 0 Å². The minimum atomic E-state index is -0.246. The molecule has 1 aromatic heterocycles. The number of aromatic nitrogens is 3. The molecular formula is C14H24N4O. The summed E-state index contributed by atoms with van der Waals surface area (Å²) >= 11 is 0. The van der Waals surface area contributed by atoms with Crippen LogP contribution in [0.5, 0.6) is 0 Å². The zero-order valence-corrected chi connectivity index (χ0v) is 11.8. The number of aliphatic hydroxyl groups is 1. The molecule has 0 spiro atoms. The van der Waals surface area contributed by atoms with Gasteiger partial charge in [0, 0.05) is 18.9 Å². The first-order chi connectivity index (χ1) is 9.26. The molecule has 106 valence electrons. The highest BCUT2D eigenvalue weighted by Crippen LogP contribution is 2.20. The van der Waals surface area contributed by atoms with E-state index in [1.54, 1.807) is 0 Å². The molecule has 5 nitrogen and oxygen atoms in total. The molecule has 2 aliphatic heterocycles. The van der Waals surface area contributed by atoms with Crippen LogP contribution in [-0.2, 0) is 19.4 Å². The maximum absolute atomic E-state index is 9.67. The average molecular weight is 264 g/mol. The molecule has 1 saturated heterocycles. The predicted molar refractivity (Wildman–Crippen MR) is 72.9 cm³/mol. The van der Waals surface area contributed by atoms with Gasteiger partial charge < -0.3 is 10.0 Å². The van der Waals surface area contributed by atoms with Crippen LogP contribution < -0.4 is 0 Å². The second-order valence-electron chi connectivity index (χ2n) is 5.80. The molecular weight excluding hydrogens is 240 g/mol. The van der Waals surface area contributed by atoms with Gasteiger partial charge in [-0.05, 0) is 32.4 Å². The fraction of sp³-hybridized carbons (Fsp3) is 0.857. The fourth-order valence-corrected chi connectivity index (χ4v) is 3.35. The van der Waals surface area contributed by atoms with Crippen molar-refractivity contribution in [2.45, 2.75) is 64.1 Å². The van der Waals surface area contributed by atoms with E-state index in [2.05, 4.69) is 21.9 Å². The van der Waals surface area contributed by atoms with Crippen molar-refractivity contribution in [1.29, 1.82) is 0 Å². The van der Waals surface area contributed by atoms with E-state index in [1.807, 2.05) is 4.68 Å². The number of piperidine rings is 1. The monoisotopic (exact) mass is 264 g/mol. The van der Waals surface area contributed by atoms with Gasteiger partial charge in [0.15, 0.2) is 5.82 Å². The highest BCUT2D eigenvalue weighted by Gasteiger charge is 2.25. The summed E-state index contributed by atoms with van der Waals surface area (Å²) in [4.78, 5) is 7.22. The SMILES string of the molecule is CCN1CCCCC1Cc1nc2n(n1)CC(O)CC2. The quantitative estimate of drug-likeness (QED) is 0.885. The Morgan fingerprint density at radius 3 is 3.05 bits per heavy atom. The molecule has 2 atom stereocenters. The maximum atomic E-state index is 9.67. The Kier molecular flexibility index (Phi) is 3.84. The number of aryl methyl sites for hydroxylation is 1. The number of rotatable bonds is 3. The van der Waals surface area contributed by atoms with Crippen LogP contribution in [-0.4, -0.2) is 50.0 Å². The first-order valence-electron chi connectivity index (χ1n) is 7.61. The molecule has 2 aliphatic rings. The van der Waals surface area contributed by atoms with Gasteiger partial charge in [-0.1, -0.05) is 13.3 Å². The van der Waals surface area contributed by atoms with Crippen molar-refractivity contribution >= 4 is 0 Å². The largest absolute Gasteiger partial charge is 0.391 e. The third-order valence-electron chi connectivity index (χ3n) is 4.45. The van der Waals surface area contributed by atoms with Gasteiger partial charge in [-0.25, -0.2) is 9.67 Å². The third-order valence-corrected chi connectivity index (χ3v) is 4.45. The van der Waals surface area contributed by atoms with E-state index in [0.29, 0.717) is 12.6 Å². The minimum absolute atomic E-state index is 0.246. The molecule has 0 saturated carbocycles. The van der Waals surface area contributed by atoms with Crippen LogP contribution in [0.4, 0.5) is 0 Å². The van der Waals surface area contributed by atoms with Gasteiger partial charge in [0.05, 0.1) is 12.6 Å². The summed E-state index contributed by atoms with van der Waals surface area (Å²) in [5.74, 6) is 2.02. The Labute approximate surface area is 114 Å². The lowest BCUT2D eigenvalue weighted by molar-refractivity contribution is 0.124. The molecule has 0 bridgehead atoms. The van der Waals surface area contributed by atoms with E-state index in [-0.39, 0.29) is 6.10 Å². The van der Waals surface area contributed by atoms with Crippen LogP contribution in [0.2, 0.25) is 0 Å². The Morgan fingerprint density at radius 1 is 1.32 bits per heavy atom. The first kappa shape index (κ1) is 13.1. The molecule has 0 aliphatic carbocycles. The highest BCUT2D eigenvalue weighted by molar-refractivity contribution is 4.99. The summed E-state index contributed by atoms with van der Waals surface area (Å²) in [6.45, 7) is 5.19. The summed E-state index contributed by atoms with van der Waals surface area (Å²) in [5, 5.41) is 14.3. The van der Waals surface area contributed by atoms with Gasteiger partial charge in [-0.15, -0.1) is 0 Å². The number of fused-ring (bicyclic) bond motifs is 1. The maximum Gasteiger partial charge on any atom is 0.152 e. The lowest BCUT2D eigenvalue weighted by atomic mass is 9.99. The number of aliphatic hydroxyl groups excluding tert-OH is 1. The summed E-state index contributed by atoms with van der Waals surface area (Å²) in [5.41, 5.74) is 0. The van der Waals surface area contributed by atoms with Crippen molar-refractivity contribution in [2.24, 2.45) is 0 Å². The Bertz CT molecular complexity index is 431. The van der Waals surface area contributed by atoms with Crippen LogP contribution >= 0.6 is 0 Å². The number of hydrogen-bond donors (Lipinski definition) is 1. The normalized spacial score (nSPS) is 28.3. The van der Waals surface area contributed by atoms with Crippen molar-refractivity contribution in [2.75, 3.05) is 13.1 Å². The summed E-state index contributed by atoms with van der Waals surface area (Å²) < 4.78 is 1.91. The topological polar surface area (TPSA) is 54.2 Å². The molecule has 0 amide bonds. The standard InChI is InChI=1S/C14H24N4O/c1-2-17-8-4-3-5-11(17)9-13-15-14-7-6-12(19)10-18(14)16-13/h11-12,19H,2-10H2,1H3. The van der Waals surface area contributed by atoms with E-state index in [0.717, 1.165) is 37.5 Å².